The van der Waals surface area contributed by atoms with Gasteiger partial charge < -0.3 is 27.7 Å². The van der Waals surface area contributed by atoms with Crippen LogP contribution in [-0.4, -0.2) is 74.9 Å². The van der Waals surface area contributed by atoms with Gasteiger partial charge in [-0.05, 0) is 82.1 Å². The Morgan fingerprint density at radius 1 is 0.644 bits per heavy atom. The van der Waals surface area contributed by atoms with Crippen molar-refractivity contribution in [3.05, 3.63) is 45.8 Å². The van der Waals surface area contributed by atoms with Gasteiger partial charge in [0.25, 0.3) is 0 Å². The maximum atomic E-state index is 12.8. The molecule has 12 heteroatoms. The maximum Gasteiger partial charge on any atom is 0.472 e. The van der Waals surface area contributed by atoms with Crippen molar-refractivity contribution in [3.8, 4) is 0 Å². The van der Waals surface area contributed by atoms with Gasteiger partial charge in [0.15, 0.2) is 6.10 Å². The predicted octanol–water partition coefficient (Wildman–Crippen LogP) is 11.8. The Labute approximate surface area is 357 Å². The molecule has 59 heavy (non-hydrogen) atoms. The van der Waals surface area contributed by atoms with E-state index < -0.39 is 26.5 Å². The van der Waals surface area contributed by atoms with Crippen LogP contribution in [0.3, 0.4) is 0 Å². The fourth-order valence-corrected chi connectivity index (χ4v) is 7.87. The molecule has 0 saturated carbocycles. The fourth-order valence-electron chi connectivity index (χ4n) is 7.13. The summed E-state index contributed by atoms with van der Waals surface area (Å²) < 4.78 is 46.6. The summed E-state index contributed by atoms with van der Waals surface area (Å²) in [6.45, 7) is 10.7. The number of hydrogen-bond acceptors (Lipinski definition) is 9. The smallest absolute Gasteiger partial charge is 0.466 e. The standard InChI is InChI=1S/C47H82NO10P/c1-9-27-41-35-38(3)43(56-41)29-23-19-15-11-13-17-21-25-31-46(49)53-36-42(37-55-59(51,52)54-34-33-48(6,7)8)57-47(50)32-26-22-18-14-12-16-20-24-30-45-40(5)39(4)44(58-45)28-10-2/h35,42H,9-34,36-37H2,1-8H3/p+1. The Hall–Kier alpha value is -2.43. The van der Waals surface area contributed by atoms with E-state index in [2.05, 4.69) is 40.7 Å². The van der Waals surface area contributed by atoms with E-state index in [4.69, 9.17) is 27.4 Å². The summed E-state index contributed by atoms with van der Waals surface area (Å²) in [5.41, 5.74) is 3.89. The van der Waals surface area contributed by atoms with Crippen LogP contribution in [-0.2, 0) is 58.4 Å². The van der Waals surface area contributed by atoms with E-state index in [9.17, 15) is 19.0 Å². The average molecular weight is 853 g/mol. The topological polar surface area (TPSA) is 135 Å². The first kappa shape index (κ1) is 52.7. The number of aryl methyl sites for hydroxylation is 5. The Kier molecular flexibility index (Phi) is 26.6. The monoisotopic (exact) mass is 853 g/mol. The highest BCUT2D eigenvalue weighted by atomic mass is 31.2. The largest absolute Gasteiger partial charge is 0.472 e. The van der Waals surface area contributed by atoms with E-state index in [1.807, 2.05) is 21.1 Å². The van der Waals surface area contributed by atoms with Crippen molar-refractivity contribution in [2.45, 2.75) is 195 Å². The molecule has 2 unspecified atom stereocenters. The molecule has 0 bridgehead atoms. The second kappa shape index (κ2) is 29.8. The molecule has 0 aliphatic carbocycles. The summed E-state index contributed by atoms with van der Waals surface area (Å²) >= 11 is 0. The third-order valence-electron chi connectivity index (χ3n) is 10.9. The first-order valence-corrected chi connectivity index (χ1v) is 24.6. The molecule has 0 radical (unpaired) electrons. The lowest BCUT2D eigenvalue weighted by atomic mass is 10.0. The highest BCUT2D eigenvalue weighted by Crippen LogP contribution is 2.43. The molecule has 0 amide bonds. The fraction of sp³-hybridized carbons (Fsp3) is 0.787. The summed E-state index contributed by atoms with van der Waals surface area (Å²) in [6, 6.07) is 2.18. The normalized spacial score (nSPS) is 13.4. The second-order valence-corrected chi connectivity index (χ2v) is 19.0. The molecule has 0 aromatic carbocycles. The first-order valence-electron chi connectivity index (χ1n) is 23.1. The number of hydrogen-bond donors (Lipinski definition) is 1. The van der Waals surface area contributed by atoms with Gasteiger partial charge in [0, 0.05) is 38.5 Å². The molecule has 2 aromatic rings. The van der Waals surface area contributed by atoms with Crippen molar-refractivity contribution in [1.29, 1.82) is 0 Å². The number of ether oxygens (including phenoxy) is 2. The SMILES string of the molecule is CCCc1cc(C)c(CCCCCCCCCCC(=O)OCC(COP(=O)(O)OCC[N+](C)(C)C)OC(=O)CCCCCCCCCCc2oc(CCC)c(C)c2C)o1. The minimum Gasteiger partial charge on any atom is -0.466 e. The van der Waals surface area contributed by atoms with E-state index in [0.29, 0.717) is 23.9 Å². The average Bonchev–Trinajstić information content (AvgIpc) is 3.66. The van der Waals surface area contributed by atoms with Crippen molar-refractivity contribution in [2.75, 3.05) is 47.5 Å². The molecule has 2 aromatic heterocycles. The number of phosphoric ester groups is 1. The van der Waals surface area contributed by atoms with Crippen molar-refractivity contribution < 1.29 is 50.9 Å². The summed E-state index contributed by atoms with van der Waals surface area (Å²) in [4.78, 5) is 35.6. The third-order valence-corrected chi connectivity index (χ3v) is 11.9. The second-order valence-electron chi connectivity index (χ2n) is 17.6. The minimum atomic E-state index is -4.40. The van der Waals surface area contributed by atoms with Gasteiger partial charge in [-0.1, -0.05) is 90.9 Å². The van der Waals surface area contributed by atoms with Gasteiger partial charge in [0.1, 0.15) is 42.8 Å². The summed E-state index contributed by atoms with van der Waals surface area (Å²) in [7, 11) is 1.44. The van der Waals surface area contributed by atoms with E-state index >= 15 is 0 Å². The number of quaternary nitrogens is 1. The Balaban J connectivity index is 1.63. The molecular formula is C47H83NO10P+. The van der Waals surface area contributed by atoms with E-state index in [0.717, 1.165) is 119 Å². The zero-order valence-electron chi connectivity index (χ0n) is 38.5. The number of rotatable bonds is 36. The Morgan fingerprint density at radius 3 is 1.68 bits per heavy atom. The van der Waals surface area contributed by atoms with Crippen LogP contribution < -0.4 is 0 Å². The molecule has 0 fully saturated rings. The van der Waals surface area contributed by atoms with Crippen LogP contribution in [0.2, 0.25) is 0 Å². The van der Waals surface area contributed by atoms with Crippen molar-refractivity contribution in [1.82, 2.24) is 0 Å². The van der Waals surface area contributed by atoms with Gasteiger partial charge in [-0.15, -0.1) is 0 Å². The highest BCUT2D eigenvalue weighted by Gasteiger charge is 2.27. The number of nitrogens with zero attached hydrogens (tertiary/aromatic N) is 1. The lowest BCUT2D eigenvalue weighted by molar-refractivity contribution is -0.870. The van der Waals surface area contributed by atoms with Crippen LogP contribution in [0.4, 0.5) is 0 Å². The predicted molar refractivity (Wildman–Crippen MR) is 236 cm³/mol. The molecule has 11 nitrogen and oxygen atoms in total. The van der Waals surface area contributed by atoms with Crippen molar-refractivity contribution in [2.24, 2.45) is 0 Å². The van der Waals surface area contributed by atoms with Gasteiger partial charge in [0.05, 0.1) is 27.7 Å². The maximum absolute atomic E-state index is 12.8. The number of likely N-dealkylation sites (N-methyl/N-ethyl adjacent to an activating group) is 1. The molecule has 2 atom stereocenters. The molecule has 0 aliphatic heterocycles. The van der Waals surface area contributed by atoms with Gasteiger partial charge in [-0.3, -0.25) is 18.6 Å². The highest BCUT2D eigenvalue weighted by molar-refractivity contribution is 7.47. The zero-order chi connectivity index (χ0) is 43.5. The summed E-state index contributed by atoms with van der Waals surface area (Å²) in [5, 5.41) is 0. The van der Waals surface area contributed by atoms with Crippen LogP contribution in [0.25, 0.3) is 0 Å². The summed E-state index contributed by atoms with van der Waals surface area (Å²) in [6.07, 6.45) is 22.6. The van der Waals surface area contributed by atoms with Gasteiger partial charge in [-0.25, -0.2) is 4.57 Å². The van der Waals surface area contributed by atoms with Crippen LogP contribution >= 0.6 is 7.82 Å². The number of unbranched alkanes of at least 4 members (excludes halogenated alkanes) is 14. The van der Waals surface area contributed by atoms with Crippen LogP contribution in [0, 0.1) is 20.8 Å². The molecule has 0 saturated heterocycles. The van der Waals surface area contributed by atoms with Gasteiger partial charge in [0.2, 0.25) is 0 Å². The number of phosphoric acid groups is 1. The lowest BCUT2D eigenvalue weighted by Crippen LogP contribution is -2.37. The number of carbonyl (C=O) groups is 2. The molecule has 0 spiro atoms. The third kappa shape index (κ3) is 24.6. The van der Waals surface area contributed by atoms with Crippen molar-refractivity contribution >= 4 is 19.8 Å². The minimum absolute atomic E-state index is 0.0202. The molecule has 340 valence electrons. The number of esters is 2. The van der Waals surface area contributed by atoms with Gasteiger partial charge >= 0.3 is 19.8 Å². The van der Waals surface area contributed by atoms with Crippen LogP contribution in [0.1, 0.15) is 182 Å². The molecular weight excluding hydrogens is 769 g/mol. The van der Waals surface area contributed by atoms with Crippen LogP contribution in [0.15, 0.2) is 14.9 Å². The van der Waals surface area contributed by atoms with E-state index in [1.54, 1.807) is 0 Å². The molecule has 1 N–H and O–H groups in total. The Bertz CT molecular complexity index is 1490. The lowest BCUT2D eigenvalue weighted by Gasteiger charge is -2.24. The zero-order valence-corrected chi connectivity index (χ0v) is 39.4. The Morgan fingerprint density at radius 2 is 1.14 bits per heavy atom. The molecule has 0 aliphatic rings. The van der Waals surface area contributed by atoms with Gasteiger partial charge in [-0.2, -0.15) is 0 Å². The molecule has 2 rings (SSSR count). The van der Waals surface area contributed by atoms with Crippen LogP contribution in [0.5, 0.6) is 0 Å². The van der Waals surface area contributed by atoms with E-state index in [-0.39, 0.29) is 32.0 Å². The quantitative estimate of drug-likeness (QED) is 0.0305. The summed E-state index contributed by atoms with van der Waals surface area (Å²) in [5.74, 6) is 3.69. The number of furan rings is 2. The molecule has 2 heterocycles. The first-order chi connectivity index (χ1) is 28.1. The van der Waals surface area contributed by atoms with Crippen molar-refractivity contribution in [3.63, 3.8) is 0 Å². The number of carbonyl (C=O) groups excluding carboxylic acids is 2. The van der Waals surface area contributed by atoms with E-state index in [1.165, 1.54) is 48.8 Å².